The maximum Gasteiger partial charge on any atom is 0.326 e. The Morgan fingerprint density at radius 2 is 1.55 bits per heavy atom. The number of carboxylic acid groups (broad SMARTS) is 1. The predicted molar refractivity (Wildman–Crippen MR) is 113 cm³/mol. The van der Waals surface area contributed by atoms with Gasteiger partial charge in [-0.2, -0.15) is 5.26 Å². The van der Waals surface area contributed by atoms with Crippen molar-refractivity contribution in [3.05, 3.63) is 71.8 Å². The molecule has 2 amide bonds. The molecular formula is C23H25N3O5. The Hall–Kier alpha value is -3.70. The lowest BCUT2D eigenvalue weighted by Crippen LogP contribution is -2.50. The number of nitrogens with one attached hydrogen (secondary N) is 2. The van der Waals surface area contributed by atoms with Gasteiger partial charge in [0.1, 0.15) is 6.04 Å². The number of carboxylic acids is 1. The monoisotopic (exact) mass is 423 g/mol. The van der Waals surface area contributed by atoms with E-state index in [1.165, 1.54) is 0 Å². The average Bonchev–Trinajstić information content (AvgIpc) is 2.79. The first-order chi connectivity index (χ1) is 14.9. The van der Waals surface area contributed by atoms with E-state index in [0.29, 0.717) is 30.4 Å². The highest BCUT2D eigenvalue weighted by molar-refractivity contribution is 5.95. The molecular weight excluding hydrogens is 398 g/mol. The topological polar surface area (TPSA) is 140 Å². The molecule has 0 spiro atoms. The van der Waals surface area contributed by atoms with Crippen molar-refractivity contribution in [1.29, 1.82) is 5.26 Å². The SMILES string of the molecule is N#CCCCC[C@@H](NC(=O)[C@H](O)[C@@H](NC(=O)c1ccccc1)c1ccccc1)C(=O)O. The van der Waals surface area contributed by atoms with Gasteiger partial charge in [0.25, 0.3) is 11.8 Å². The fourth-order valence-electron chi connectivity index (χ4n) is 3.04. The molecule has 0 aliphatic heterocycles. The van der Waals surface area contributed by atoms with Gasteiger partial charge in [0.05, 0.1) is 12.1 Å². The van der Waals surface area contributed by atoms with Crippen LogP contribution in [0.1, 0.15) is 47.6 Å². The van der Waals surface area contributed by atoms with E-state index in [-0.39, 0.29) is 6.42 Å². The van der Waals surface area contributed by atoms with Crippen molar-refractivity contribution in [2.45, 2.75) is 43.9 Å². The van der Waals surface area contributed by atoms with Crippen molar-refractivity contribution in [3.8, 4) is 6.07 Å². The molecule has 8 nitrogen and oxygen atoms in total. The van der Waals surface area contributed by atoms with Gasteiger partial charge in [-0.15, -0.1) is 0 Å². The molecule has 2 aromatic rings. The second kappa shape index (κ2) is 12.1. The number of hydrogen-bond donors (Lipinski definition) is 4. The summed E-state index contributed by atoms with van der Waals surface area (Å²) in [6.07, 6.45) is -0.338. The van der Waals surface area contributed by atoms with E-state index in [4.69, 9.17) is 5.26 Å². The summed E-state index contributed by atoms with van der Waals surface area (Å²) in [5.74, 6) is -2.62. The zero-order valence-corrected chi connectivity index (χ0v) is 16.9. The number of carbonyl (C=O) groups is 3. The number of aliphatic hydroxyl groups excluding tert-OH is 1. The molecule has 0 aromatic heterocycles. The number of rotatable bonds is 11. The Labute approximate surface area is 180 Å². The first-order valence-electron chi connectivity index (χ1n) is 9.93. The van der Waals surface area contributed by atoms with Crippen LogP contribution in [0.3, 0.4) is 0 Å². The fraction of sp³-hybridized carbons (Fsp3) is 0.304. The summed E-state index contributed by atoms with van der Waals surface area (Å²) in [6.45, 7) is 0. The van der Waals surface area contributed by atoms with Crippen LogP contribution >= 0.6 is 0 Å². The lowest BCUT2D eigenvalue weighted by Gasteiger charge is -2.25. The molecule has 2 rings (SSSR count). The number of nitrogens with zero attached hydrogens (tertiary/aromatic N) is 1. The summed E-state index contributed by atoms with van der Waals surface area (Å²) in [7, 11) is 0. The summed E-state index contributed by atoms with van der Waals surface area (Å²) in [5.41, 5.74) is 0.854. The lowest BCUT2D eigenvalue weighted by atomic mass is 9.99. The van der Waals surface area contributed by atoms with E-state index in [0.717, 1.165) is 0 Å². The molecule has 4 N–H and O–H groups in total. The van der Waals surface area contributed by atoms with Gasteiger partial charge < -0.3 is 20.8 Å². The average molecular weight is 423 g/mol. The summed E-state index contributed by atoms with van der Waals surface area (Å²) in [5, 5.41) is 33.7. The third-order valence-corrected chi connectivity index (χ3v) is 4.71. The number of aliphatic carboxylic acids is 1. The van der Waals surface area contributed by atoms with Gasteiger partial charge in [0.2, 0.25) is 0 Å². The minimum atomic E-state index is -1.71. The Morgan fingerprint density at radius 3 is 2.13 bits per heavy atom. The quantitative estimate of drug-likeness (QED) is 0.409. The van der Waals surface area contributed by atoms with Crippen molar-refractivity contribution in [3.63, 3.8) is 0 Å². The van der Waals surface area contributed by atoms with Crippen LogP contribution in [-0.2, 0) is 9.59 Å². The summed E-state index contributed by atoms with van der Waals surface area (Å²) >= 11 is 0. The third kappa shape index (κ3) is 7.24. The summed E-state index contributed by atoms with van der Waals surface area (Å²) in [4.78, 5) is 36.8. The third-order valence-electron chi connectivity index (χ3n) is 4.71. The molecule has 2 aromatic carbocycles. The number of amides is 2. The first kappa shape index (κ1) is 23.6. The van der Waals surface area contributed by atoms with Crippen LogP contribution in [0.25, 0.3) is 0 Å². The zero-order chi connectivity index (χ0) is 22.6. The van der Waals surface area contributed by atoms with Crippen LogP contribution in [0, 0.1) is 11.3 Å². The normalized spacial score (nSPS) is 13.3. The standard InChI is InChI=1S/C23H25N3O5/c24-15-9-3-8-14-18(23(30)31)25-22(29)20(27)19(16-10-4-1-5-11-16)26-21(28)17-12-6-2-7-13-17/h1-2,4-7,10-13,18-20,27H,3,8-9,14H2,(H,25,29)(H,26,28)(H,30,31)/t18-,19+,20-/m1/s1. The molecule has 0 heterocycles. The van der Waals surface area contributed by atoms with Crippen LogP contribution in [-0.4, -0.2) is 40.1 Å². The van der Waals surface area contributed by atoms with Gasteiger partial charge in [0.15, 0.2) is 6.10 Å². The fourth-order valence-corrected chi connectivity index (χ4v) is 3.04. The van der Waals surface area contributed by atoms with Crippen molar-refractivity contribution in [2.75, 3.05) is 0 Å². The van der Waals surface area contributed by atoms with Crippen LogP contribution in [0.2, 0.25) is 0 Å². The highest BCUT2D eigenvalue weighted by Crippen LogP contribution is 2.19. The molecule has 162 valence electrons. The number of hydrogen-bond acceptors (Lipinski definition) is 5. The van der Waals surface area contributed by atoms with E-state index < -0.39 is 36.0 Å². The van der Waals surface area contributed by atoms with Crippen molar-refractivity contribution in [1.82, 2.24) is 10.6 Å². The summed E-state index contributed by atoms with van der Waals surface area (Å²) in [6, 6.07) is 16.5. The van der Waals surface area contributed by atoms with E-state index >= 15 is 0 Å². The van der Waals surface area contributed by atoms with Gasteiger partial charge in [-0.1, -0.05) is 48.5 Å². The Morgan fingerprint density at radius 1 is 0.935 bits per heavy atom. The van der Waals surface area contributed by atoms with Crippen molar-refractivity contribution < 1.29 is 24.6 Å². The summed E-state index contributed by atoms with van der Waals surface area (Å²) < 4.78 is 0. The second-order valence-corrected chi connectivity index (χ2v) is 6.98. The van der Waals surface area contributed by atoms with E-state index in [2.05, 4.69) is 10.6 Å². The molecule has 0 radical (unpaired) electrons. The Balaban J connectivity index is 2.14. The van der Waals surface area contributed by atoms with Gasteiger partial charge in [0, 0.05) is 12.0 Å². The molecule has 3 atom stereocenters. The van der Waals surface area contributed by atoms with Gasteiger partial charge in [-0.3, -0.25) is 9.59 Å². The Bertz CT molecular complexity index is 912. The molecule has 0 saturated heterocycles. The first-order valence-corrected chi connectivity index (χ1v) is 9.93. The largest absolute Gasteiger partial charge is 0.480 e. The number of unbranched alkanes of at least 4 members (excludes halogenated alkanes) is 2. The molecule has 0 fully saturated rings. The van der Waals surface area contributed by atoms with Crippen LogP contribution < -0.4 is 10.6 Å². The minimum absolute atomic E-state index is 0.127. The molecule has 0 unspecified atom stereocenters. The maximum atomic E-state index is 12.7. The smallest absolute Gasteiger partial charge is 0.326 e. The van der Waals surface area contributed by atoms with Gasteiger partial charge >= 0.3 is 5.97 Å². The van der Waals surface area contributed by atoms with Crippen LogP contribution in [0.5, 0.6) is 0 Å². The molecule has 0 saturated carbocycles. The van der Waals surface area contributed by atoms with Crippen LogP contribution in [0.4, 0.5) is 0 Å². The number of benzene rings is 2. The second-order valence-electron chi connectivity index (χ2n) is 6.98. The van der Waals surface area contributed by atoms with Crippen LogP contribution in [0.15, 0.2) is 60.7 Å². The predicted octanol–water partition coefficient (Wildman–Crippen LogP) is 2.17. The molecule has 0 aliphatic carbocycles. The van der Waals surface area contributed by atoms with Crippen molar-refractivity contribution >= 4 is 17.8 Å². The maximum absolute atomic E-state index is 12.7. The van der Waals surface area contributed by atoms with Crippen molar-refractivity contribution in [2.24, 2.45) is 0 Å². The molecule has 0 bridgehead atoms. The Kier molecular flexibility index (Phi) is 9.20. The van der Waals surface area contributed by atoms with E-state index in [1.807, 2.05) is 6.07 Å². The number of aliphatic hydroxyl groups is 1. The van der Waals surface area contributed by atoms with Gasteiger partial charge in [-0.25, -0.2) is 4.79 Å². The number of nitriles is 1. The number of carbonyl (C=O) groups excluding carboxylic acids is 2. The molecule has 8 heteroatoms. The van der Waals surface area contributed by atoms with E-state index in [9.17, 15) is 24.6 Å². The van der Waals surface area contributed by atoms with Gasteiger partial charge in [-0.05, 0) is 37.0 Å². The highest BCUT2D eigenvalue weighted by Gasteiger charge is 2.32. The highest BCUT2D eigenvalue weighted by atomic mass is 16.4. The molecule has 0 aliphatic rings. The van der Waals surface area contributed by atoms with E-state index in [1.54, 1.807) is 60.7 Å². The molecule has 31 heavy (non-hydrogen) atoms. The lowest BCUT2D eigenvalue weighted by molar-refractivity contribution is -0.144. The minimum Gasteiger partial charge on any atom is -0.480 e. The zero-order valence-electron chi connectivity index (χ0n) is 16.9.